The fourth-order valence-corrected chi connectivity index (χ4v) is 6.82. The van der Waals surface area contributed by atoms with Crippen LogP contribution in [0, 0.1) is 17.8 Å². The lowest BCUT2D eigenvalue weighted by molar-refractivity contribution is -0.255. The van der Waals surface area contributed by atoms with Gasteiger partial charge in [-0.2, -0.15) is 0 Å². The number of ether oxygens (including phenoxy) is 4. The molecule has 6 rings (SSSR count). The van der Waals surface area contributed by atoms with E-state index in [-0.39, 0.29) is 29.9 Å². The van der Waals surface area contributed by atoms with Crippen molar-refractivity contribution >= 4 is 12.3 Å². The number of fused-ring (bicyclic) bond motifs is 1. The number of carbonyl (C=O) groups excluding carboxylic acids is 2. The molecule has 5 bridgehead atoms. The quantitative estimate of drug-likeness (QED) is 0.540. The Kier molecular flexibility index (Phi) is 2.54. The van der Waals surface area contributed by atoms with Crippen LogP contribution in [0.15, 0.2) is 22.9 Å². The Balaban J connectivity index is 1.52. The van der Waals surface area contributed by atoms with Crippen molar-refractivity contribution in [3.63, 3.8) is 0 Å². The van der Waals surface area contributed by atoms with Gasteiger partial charge in [-0.3, -0.25) is 4.90 Å². The highest BCUT2D eigenvalue weighted by molar-refractivity contribution is 5.93. The van der Waals surface area contributed by atoms with Crippen LogP contribution in [0.3, 0.4) is 0 Å². The molecule has 8 atom stereocenters. The topological polar surface area (TPSA) is 74.3 Å². The first-order valence-corrected chi connectivity index (χ1v) is 9.31. The molecule has 0 aromatic rings. The predicted molar refractivity (Wildman–Crippen MR) is 86.2 cm³/mol. The smallest absolute Gasteiger partial charge is 0.343 e. The van der Waals surface area contributed by atoms with E-state index in [4.69, 9.17) is 18.9 Å². The number of cyclic esters (lactones) is 1. The summed E-state index contributed by atoms with van der Waals surface area (Å²) in [6, 6.07) is 0.263. The molecule has 7 heteroatoms. The minimum atomic E-state index is -0.787. The first-order chi connectivity index (χ1) is 12.5. The van der Waals surface area contributed by atoms with Crippen molar-refractivity contribution in [1.29, 1.82) is 0 Å². The lowest BCUT2D eigenvalue weighted by atomic mass is 9.71. The van der Waals surface area contributed by atoms with E-state index in [1.165, 1.54) is 7.11 Å². The molecule has 0 aromatic carbocycles. The summed E-state index contributed by atoms with van der Waals surface area (Å²) >= 11 is 0. The maximum atomic E-state index is 12.1. The fourth-order valence-electron chi connectivity index (χ4n) is 6.82. The summed E-state index contributed by atoms with van der Waals surface area (Å²) in [5.74, 6) is 0.411. The zero-order chi connectivity index (χ0) is 18.0. The fraction of sp³-hybridized carbons (Fsp3) is 0.684. The molecule has 0 aromatic heterocycles. The Hall–Kier alpha value is -1.86. The number of methoxy groups -OCH3 is 1. The van der Waals surface area contributed by atoms with Crippen LogP contribution in [0.4, 0.5) is 0 Å². The standard InChI is InChI=1S/C19H21NO6/c1-8-13-10-6-12-18(7-21)11(4-5-20(10)18)19(13,25-12)26-15(8)16-14(23-3)9(2)17(22)24-16/h7-8,10-13H,4-6H2,1-3H3/b16-15-/t8?,10?,11?,12?,13?,18?,19-/m1/s1. The van der Waals surface area contributed by atoms with Crippen LogP contribution >= 0.6 is 0 Å². The van der Waals surface area contributed by atoms with Gasteiger partial charge in [0.25, 0.3) is 0 Å². The van der Waals surface area contributed by atoms with Gasteiger partial charge in [0.15, 0.2) is 5.76 Å². The van der Waals surface area contributed by atoms with Gasteiger partial charge < -0.3 is 23.7 Å². The van der Waals surface area contributed by atoms with E-state index in [0.717, 1.165) is 25.7 Å². The minimum Gasteiger partial charge on any atom is -0.492 e. The molecule has 0 aliphatic carbocycles. The number of allylic oxidation sites excluding steroid dienone is 1. The maximum Gasteiger partial charge on any atom is 0.343 e. The highest BCUT2D eigenvalue weighted by Crippen LogP contribution is 2.71. The number of aldehydes is 1. The predicted octanol–water partition coefficient (Wildman–Crippen LogP) is 1.10. The number of hydrogen-bond acceptors (Lipinski definition) is 7. The van der Waals surface area contributed by atoms with Gasteiger partial charge in [-0.1, -0.05) is 6.92 Å². The number of hydrogen-bond donors (Lipinski definition) is 0. The van der Waals surface area contributed by atoms with Crippen molar-refractivity contribution in [1.82, 2.24) is 4.90 Å². The molecule has 0 radical (unpaired) electrons. The third-order valence-corrected chi connectivity index (χ3v) is 7.66. The number of rotatable bonds is 2. The SMILES string of the molecule is COC1=C(C)C(=O)O/C1=C1\O[C@@]23OC4CC(C2C1C)N1CCC3C41C=O. The summed E-state index contributed by atoms with van der Waals surface area (Å²) < 4.78 is 23.9. The van der Waals surface area contributed by atoms with E-state index in [9.17, 15) is 9.59 Å². The van der Waals surface area contributed by atoms with Crippen molar-refractivity contribution in [2.75, 3.05) is 13.7 Å². The molecule has 138 valence electrons. The van der Waals surface area contributed by atoms with Crippen LogP contribution in [0.25, 0.3) is 0 Å². The van der Waals surface area contributed by atoms with Gasteiger partial charge in [0.05, 0.1) is 30.6 Å². The second-order valence-electron chi connectivity index (χ2n) is 8.33. The summed E-state index contributed by atoms with van der Waals surface area (Å²) in [7, 11) is 1.53. The van der Waals surface area contributed by atoms with Crippen LogP contribution in [0.5, 0.6) is 0 Å². The van der Waals surface area contributed by atoms with Gasteiger partial charge in [-0.15, -0.1) is 0 Å². The number of piperidine rings is 1. The van der Waals surface area contributed by atoms with Crippen LogP contribution in [0.2, 0.25) is 0 Å². The van der Waals surface area contributed by atoms with Gasteiger partial charge in [-0.25, -0.2) is 4.79 Å². The molecule has 7 nitrogen and oxygen atoms in total. The molecule has 5 saturated heterocycles. The van der Waals surface area contributed by atoms with Crippen molar-refractivity contribution in [3.8, 4) is 0 Å². The van der Waals surface area contributed by atoms with Crippen LogP contribution in [-0.4, -0.2) is 54.3 Å². The van der Waals surface area contributed by atoms with Crippen molar-refractivity contribution in [2.24, 2.45) is 17.8 Å². The molecule has 0 amide bonds. The Morgan fingerprint density at radius 1 is 1.38 bits per heavy atom. The lowest BCUT2D eigenvalue weighted by Crippen LogP contribution is -2.61. The number of esters is 1. The van der Waals surface area contributed by atoms with E-state index in [2.05, 4.69) is 11.8 Å². The summed E-state index contributed by atoms with van der Waals surface area (Å²) in [6.07, 6.45) is 2.75. The molecule has 6 heterocycles. The van der Waals surface area contributed by atoms with Gasteiger partial charge in [-0.05, 0) is 19.8 Å². The van der Waals surface area contributed by atoms with Crippen LogP contribution in [-0.2, 0) is 28.5 Å². The van der Waals surface area contributed by atoms with Crippen molar-refractivity contribution in [3.05, 3.63) is 22.9 Å². The van der Waals surface area contributed by atoms with Crippen molar-refractivity contribution < 1.29 is 28.5 Å². The number of nitrogens with zero attached hydrogens (tertiary/aromatic N) is 1. The van der Waals surface area contributed by atoms with Crippen LogP contribution < -0.4 is 0 Å². The molecule has 6 aliphatic heterocycles. The molecule has 7 unspecified atom stereocenters. The maximum absolute atomic E-state index is 12.1. The lowest BCUT2D eigenvalue weighted by Gasteiger charge is -2.46. The Labute approximate surface area is 150 Å². The van der Waals surface area contributed by atoms with Gasteiger partial charge in [0.2, 0.25) is 11.5 Å². The molecule has 0 saturated carbocycles. The Morgan fingerprint density at radius 2 is 2.19 bits per heavy atom. The Morgan fingerprint density at radius 3 is 2.92 bits per heavy atom. The Bertz CT molecular complexity index is 832. The zero-order valence-electron chi connectivity index (χ0n) is 15.0. The zero-order valence-corrected chi connectivity index (χ0v) is 15.0. The monoisotopic (exact) mass is 359 g/mol. The average molecular weight is 359 g/mol. The van der Waals surface area contributed by atoms with E-state index >= 15 is 0 Å². The summed E-state index contributed by atoms with van der Waals surface area (Å²) in [5, 5.41) is 0. The second kappa shape index (κ2) is 4.34. The second-order valence-corrected chi connectivity index (χ2v) is 8.33. The normalized spacial score (nSPS) is 55.4. The minimum absolute atomic E-state index is 0.0191. The van der Waals surface area contributed by atoms with E-state index < -0.39 is 17.3 Å². The van der Waals surface area contributed by atoms with Gasteiger partial charge in [0, 0.05) is 18.5 Å². The molecule has 6 aliphatic rings. The van der Waals surface area contributed by atoms with E-state index in [1.54, 1.807) is 6.92 Å². The largest absolute Gasteiger partial charge is 0.492 e. The van der Waals surface area contributed by atoms with Gasteiger partial charge in [0.1, 0.15) is 17.6 Å². The third kappa shape index (κ3) is 1.27. The third-order valence-electron chi connectivity index (χ3n) is 7.66. The highest BCUT2D eigenvalue weighted by atomic mass is 16.7. The molecule has 5 fully saturated rings. The number of carbonyl (C=O) groups is 2. The van der Waals surface area contributed by atoms with Gasteiger partial charge >= 0.3 is 5.97 Å². The van der Waals surface area contributed by atoms with E-state index in [0.29, 0.717) is 22.9 Å². The first-order valence-electron chi connectivity index (χ1n) is 9.31. The summed E-state index contributed by atoms with van der Waals surface area (Å²) in [5.41, 5.74) is -0.0919. The molecular formula is C19H21NO6. The molecular weight excluding hydrogens is 338 g/mol. The molecule has 0 N–H and O–H groups in total. The highest BCUT2D eigenvalue weighted by Gasteiger charge is 2.84. The van der Waals surface area contributed by atoms with Crippen molar-refractivity contribution in [2.45, 2.75) is 50.2 Å². The average Bonchev–Trinajstić information content (AvgIpc) is 3.33. The first kappa shape index (κ1) is 15.2. The van der Waals surface area contributed by atoms with Crippen LogP contribution in [0.1, 0.15) is 26.7 Å². The summed E-state index contributed by atoms with van der Waals surface area (Å²) in [6.45, 7) is 4.71. The van der Waals surface area contributed by atoms with E-state index in [1.807, 2.05) is 0 Å². The molecule has 1 spiro atoms. The summed E-state index contributed by atoms with van der Waals surface area (Å²) in [4.78, 5) is 26.6. The molecule has 26 heavy (non-hydrogen) atoms.